The van der Waals surface area contributed by atoms with Crippen LogP contribution in [-0.4, -0.2) is 38.6 Å². The number of carbonyl (C=O) groups is 1. The second-order valence-electron chi connectivity index (χ2n) is 10.0. The third-order valence-electron chi connectivity index (χ3n) is 6.64. The summed E-state index contributed by atoms with van der Waals surface area (Å²) in [7, 11) is 1.57. The number of Topliss-reactive ketones (excluding diaryl/α,β-unsaturated/α-hetero) is 1. The molecule has 3 rings (SSSR count). The molecule has 0 spiro atoms. The molecule has 11 heteroatoms. The van der Waals surface area contributed by atoms with Gasteiger partial charge in [-0.15, -0.1) is 0 Å². The quantitative estimate of drug-likeness (QED) is 0.250. The molecule has 0 aliphatic heterocycles. The highest BCUT2D eigenvalue weighted by Gasteiger charge is 2.36. The first-order valence-electron chi connectivity index (χ1n) is 12.8. The number of hydrogen-bond acceptors (Lipinski definition) is 5. The molecule has 0 bridgehead atoms. The van der Waals surface area contributed by atoms with Gasteiger partial charge < -0.3 is 20.5 Å². The Morgan fingerprint density at radius 1 is 1.20 bits per heavy atom. The van der Waals surface area contributed by atoms with Crippen molar-refractivity contribution in [3.05, 3.63) is 89.0 Å². The van der Waals surface area contributed by atoms with Crippen LogP contribution in [0.5, 0.6) is 0 Å². The van der Waals surface area contributed by atoms with Gasteiger partial charge in [-0.2, -0.15) is 18.4 Å². The fraction of sp³-hybridized carbons (Fsp3) is 0.379. The van der Waals surface area contributed by atoms with Gasteiger partial charge in [0.1, 0.15) is 5.78 Å². The smallest absolute Gasteiger partial charge is 0.366 e. The van der Waals surface area contributed by atoms with Crippen molar-refractivity contribution < 1.29 is 18.0 Å². The average molecular weight is 571 g/mol. The zero-order valence-electron chi connectivity index (χ0n) is 22.7. The Morgan fingerprint density at radius 3 is 2.48 bits per heavy atom. The van der Waals surface area contributed by atoms with Crippen LogP contribution in [0.15, 0.2) is 61.1 Å². The van der Waals surface area contributed by atoms with Gasteiger partial charge in [0.05, 0.1) is 35.6 Å². The molecule has 0 aliphatic carbocycles. The third kappa shape index (κ3) is 7.90. The molecule has 212 valence electrons. The lowest BCUT2D eigenvalue weighted by Gasteiger charge is -2.36. The van der Waals surface area contributed by atoms with Crippen LogP contribution in [0, 0.1) is 23.2 Å². The zero-order valence-corrected chi connectivity index (χ0v) is 23.5. The Hall–Kier alpha value is -3.75. The second kappa shape index (κ2) is 13.5. The van der Waals surface area contributed by atoms with Crippen molar-refractivity contribution in [2.75, 3.05) is 7.05 Å². The molecule has 2 aromatic carbocycles. The number of nitrogens with one attached hydrogen (secondary N) is 1. The van der Waals surface area contributed by atoms with Crippen LogP contribution in [0.2, 0.25) is 0 Å². The molecular formula is C29H33F3N6OS. The van der Waals surface area contributed by atoms with Crippen molar-refractivity contribution in [1.82, 2.24) is 19.8 Å². The number of thiocarbonyl (C=S) groups is 1. The summed E-state index contributed by atoms with van der Waals surface area (Å²) >= 11 is 5.44. The molecule has 0 saturated heterocycles. The predicted octanol–water partition coefficient (Wildman–Crippen LogP) is 4.89. The first-order chi connectivity index (χ1) is 18.9. The maximum atomic E-state index is 13.7. The maximum Gasteiger partial charge on any atom is 0.416 e. The summed E-state index contributed by atoms with van der Waals surface area (Å²) in [6.07, 6.45) is -1.79. The highest BCUT2D eigenvalue weighted by molar-refractivity contribution is 7.80. The van der Waals surface area contributed by atoms with Crippen molar-refractivity contribution in [3.63, 3.8) is 0 Å². The SMILES string of the molecule is CNC(=S)N(Cc1ccccc1C(F)(F)F)C(N)[C@H](CC(C)C)C(=O)Cc1cncn1Cc1ccc(C#N)cc1. The molecule has 1 aromatic heterocycles. The van der Waals surface area contributed by atoms with Crippen molar-refractivity contribution in [2.24, 2.45) is 17.6 Å². The molecule has 0 saturated carbocycles. The lowest BCUT2D eigenvalue weighted by atomic mass is 9.88. The molecular weight excluding hydrogens is 537 g/mol. The molecule has 0 radical (unpaired) electrons. The molecule has 3 N–H and O–H groups in total. The Morgan fingerprint density at radius 2 is 1.88 bits per heavy atom. The van der Waals surface area contributed by atoms with Gasteiger partial charge in [0.2, 0.25) is 0 Å². The highest BCUT2D eigenvalue weighted by Crippen LogP contribution is 2.33. The van der Waals surface area contributed by atoms with E-state index in [4.69, 9.17) is 23.2 Å². The fourth-order valence-corrected chi connectivity index (χ4v) is 4.78. The largest absolute Gasteiger partial charge is 0.416 e. The lowest BCUT2D eigenvalue weighted by Crippen LogP contribution is -2.54. The van der Waals surface area contributed by atoms with Crippen LogP contribution in [0.3, 0.4) is 0 Å². The number of nitrogens with zero attached hydrogens (tertiary/aromatic N) is 4. The number of rotatable bonds is 11. The number of halogens is 3. The van der Waals surface area contributed by atoms with Gasteiger partial charge in [-0.3, -0.25) is 4.79 Å². The van der Waals surface area contributed by atoms with Crippen molar-refractivity contribution >= 4 is 23.1 Å². The highest BCUT2D eigenvalue weighted by atomic mass is 32.1. The van der Waals surface area contributed by atoms with Crippen LogP contribution in [0.4, 0.5) is 13.2 Å². The van der Waals surface area contributed by atoms with Crippen LogP contribution in [0.1, 0.15) is 48.2 Å². The van der Waals surface area contributed by atoms with Gasteiger partial charge >= 0.3 is 6.18 Å². The molecule has 3 aromatic rings. The summed E-state index contributed by atoms with van der Waals surface area (Å²) in [5.41, 5.74) is 8.07. The van der Waals surface area contributed by atoms with E-state index in [-0.39, 0.29) is 35.3 Å². The first-order valence-corrected chi connectivity index (χ1v) is 13.2. The van der Waals surface area contributed by atoms with E-state index >= 15 is 0 Å². The number of aromatic nitrogens is 2. The van der Waals surface area contributed by atoms with Crippen LogP contribution < -0.4 is 11.1 Å². The third-order valence-corrected chi connectivity index (χ3v) is 7.08. The van der Waals surface area contributed by atoms with Crippen molar-refractivity contribution in [1.29, 1.82) is 5.26 Å². The minimum absolute atomic E-state index is 0.0132. The lowest BCUT2D eigenvalue weighted by molar-refractivity contribution is -0.138. The molecule has 0 amide bonds. The molecule has 2 atom stereocenters. The Labute approximate surface area is 237 Å². The maximum absolute atomic E-state index is 13.7. The van der Waals surface area contributed by atoms with E-state index in [1.165, 1.54) is 23.1 Å². The summed E-state index contributed by atoms with van der Waals surface area (Å²) in [4.78, 5) is 19.4. The molecule has 1 heterocycles. The monoisotopic (exact) mass is 570 g/mol. The molecule has 0 fully saturated rings. The molecule has 40 heavy (non-hydrogen) atoms. The van der Waals surface area contributed by atoms with E-state index in [9.17, 15) is 18.0 Å². The van der Waals surface area contributed by atoms with Crippen LogP contribution in [-0.2, 0) is 30.5 Å². The van der Waals surface area contributed by atoms with Crippen LogP contribution in [0.25, 0.3) is 0 Å². The number of imidazole rings is 1. The molecule has 0 aliphatic rings. The molecule has 1 unspecified atom stereocenters. The number of alkyl halides is 3. The van der Waals surface area contributed by atoms with Crippen molar-refractivity contribution in [2.45, 2.75) is 52.1 Å². The minimum atomic E-state index is -4.55. The number of hydrogen-bond donors (Lipinski definition) is 2. The second-order valence-corrected chi connectivity index (χ2v) is 10.4. The number of ketones is 1. The van der Waals surface area contributed by atoms with Gasteiger partial charge in [0.15, 0.2) is 5.11 Å². The van der Waals surface area contributed by atoms with E-state index in [1.54, 1.807) is 31.7 Å². The fourth-order valence-electron chi connectivity index (χ4n) is 4.59. The Kier molecular flexibility index (Phi) is 10.4. The standard InChI is InChI=1S/C29H33F3N6OS/c1-19(2)12-24(26(39)13-23-15-36-18-37(23)16-21-10-8-20(14-33)9-11-21)27(34)38(28(40)35-3)17-22-6-4-5-7-25(22)29(30,31)32/h4-11,15,18-19,24,27H,12-13,16-17,34H2,1-3H3,(H,35,40)/t24-,27?/m1/s1. The van der Waals surface area contributed by atoms with Crippen molar-refractivity contribution in [3.8, 4) is 6.07 Å². The first kappa shape index (κ1) is 30.8. The number of benzene rings is 2. The van der Waals surface area contributed by atoms with E-state index in [0.29, 0.717) is 24.2 Å². The normalized spacial score (nSPS) is 13.0. The zero-order chi connectivity index (χ0) is 29.4. The van der Waals surface area contributed by atoms with E-state index in [2.05, 4.69) is 16.4 Å². The van der Waals surface area contributed by atoms with Gasteiger partial charge in [0.25, 0.3) is 0 Å². The number of carbonyl (C=O) groups excluding carboxylic acids is 1. The Bertz CT molecular complexity index is 1350. The summed E-state index contributed by atoms with van der Waals surface area (Å²) in [5.74, 6) is -0.769. The van der Waals surface area contributed by atoms with Gasteiger partial charge in [-0.1, -0.05) is 44.2 Å². The summed E-state index contributed by atoms with van der Waals surface area (Å²) in [6, 6.07) is 14.5. The van der Waals surface area contributed by atoms with Gasteiger partial charge in [-0.05, 0) is 53.9 Å². The summed E-state index contributed by atoms with van der Waals surface area (Å²) in [6.45, 7) is 4.16. The number of nitriles is 1. The summed E-state index contributed by atoms with van der Waals surface area (Å²) < 4.78 is 43.0. The number of nitrogens with two attached hydrogens (primary N) is 1. The summed E-state index contributed by atoms with van der Waals surface area (Å²) in [5, 5.41) is 12.0. The Balaban J connectivity index is 1.86. The van der Waals surface area contributed by atoms with Gasteiger partial charge in [0, 0.05) is 38.4 Å². The molecule has 7 nitrogen and oxygen atoms in total. The topological polar surface area (TPSA) is 100.0 Å². The minimum Gasteiger partial charge on any atom is -0.366 e. The average Bonchev–Trinajstić information content (AvgIpc) is 3.35. The van der Waals surface area contributed by atoms with E-state index in [1.807, 2.05) is 30.5 Å². The predicted molar refractivity (Wildman–Crippen MR) is 151 cm³/mol. The van der Waals surface area contributed by atoms with E-state index < -0.39 is 23.8 Å². The van der Waals surface area contributed by atoms with E-state index in [0.717, 1.165) is 11.6 Å². The van der Waals surface area contributed by atoms with Gasteiger partial charge in [-0.25, -0.2) is 4.98 Å². The van der Waals surface area contributed by atoms with Crippen LogP contribution >= 0.6 is 12.2 Å².